The Morgan fingerprint density at radius 2 is 2.18 bits per heavy atom. The summed E-state index contributed by atoms with van der Waals surface area (Å²) < 4.78 is 5.28. The highest BCUT2D eigenvalue weighted by atomic mass is 16.5. The van der Waals surface area contributed by atoms with Crippen LogP contribution < -0.4 is 4.74 Å². The topological polar surface area (TPSA) is 9.23 Å². The lowest BCUT2D eigenvalue weighted by atomic mass is 9.84. The maximum absolute atomic E-state index is 5.28. The van der Waals surface area contributed by atoms with Gasteiger partial charge in [-0.15, -0.1) is 6.58 Å². The minimum Gasteiger partial charge on any atom is -0.497 e. The summed E-state index contributed by atoms with van der Waals surface area (Å²) >= 11 is 0. The lowest BCUT2D eigenvalue weighted by molar-refractivity contribution is 0.412. The van der Waals surface area contributed by atoms with Crippen molar-refractivity contribution in [1.29, 1.82) is 0 Å². The SMILES string of the molecule is C=CC(c1cccc(OC)c1)C(C)CCCC. The summed E-state index contributed by atoms with van der Waals surface area (Å²) in [6.07, 6.45) is 5.86. The Kier molecular flexibility index (Phi) is 5.82. The Bertz CT molecular complexity index is 343. The molecule has 0 aliphatic rings. The molecule has 0 aliphatic heterocycles. The Balaban J connectivity index is 2.81. The highest BCUT2D eigenvalue weighted by Crippen LogP contribution is 2.31. The van der Waals surface area contributed by atoms with Gasteiger partial charge in [-0.25, -0.2) is 0 Å². The van der Waals surface area contributed by atoms with Gasteiger partial charge in [0.1, 0.15) is 5.75 Å². The first-order valence-corrected chi connectivity index (χ1v) is 6.49. The molecule has 2 unspecified atom stereocenters. The van der Waals surface area contributed by atoms with Crippen LogP contribution in [0, 0.1) is 5.92 Å². The largest absolute Gasteiger partial charge is 0.497 e. The van der Waals surface area contributed by atoms with E-state index in [1.54, 1.807) is 7.11 Å². The van der Waals surface area contributed by atoms with E-state index in [2.05, 4.69) is 44.7 Å². The van der Waals surface area contributed by atoms with Crippen molar-refractivity contribution in [3.05, 3.63) is 42.5 Å². The van der Waals surface area contributed by atoms with Gasteiger partial charge >= 0.3 is 0 Å². The van der Waals surface area contributed by atoms with E-state index in [1.807, 2.05) is 6.07 Å². The molecule has 0 spiro atoms. The predicted molar refractivity (Wildman–Crippen MR) is 74.6 cm³/mol. The fraction of sp³-hybridized carbons (Fsp3) is 0.500. The van der Waals surface area contributed by atoms with Gasteiger partial charge in [-0.05, 0) is 30.0 Å². The van der Waals surface area contributed by atoms with Gasteiger partial charge in [0.15, 0.2) is 0 Å². The second-order valence-corrected chi connectivity index (χ2v) is 4.66. The molecule has 1 aromatic carbocycles. The quantitative estimate of drug-likeness (QED) is 0.614. The number of allylic oxidation sites excluding steroid dienone is 1. The molecule has 0 fully saturated rings. The van der Waals surface area contributed by atoms with Crippen molar-refractivity contribution < 1.29 is 4.74 Å². The Morgan fingerprint density at radius 1 is 1.41 bits per heavy atom. The number of hydrogen-bond acceptors (Lipinski definition) is 1. The molecular weight excluding hydrogens is 208 g/mol. The highest BCUT2D eigenvalue weighted by molar-refractivity contribution is 5.33. The zero-order valence-corrected chi connectivity index (χ0v) is 11.3. The van der Waals surface area contributed by atoms with Crippen molar-refractivity contribution in [3.63, 3.8) is 0 Å². The van der Waals surface area contributed by atoms with E-state index >= 15 is 0 Å². The van der Waals surface area contributed by atoms with E-state index in [0.29, 0.717) is 11.8 Å². The maximum Gasteiger partial charge on any atom is 0.119 e. The van der Waals surface area contributed by atoms with Crippen LogP contribution >= 0.6 is 0 Å². The van der Waals surface area contributed by atoms with Crippen LogP contribution in [0.5, 0.6) is 5.75 Å². The molecule has 0 saturated carbocycles. The number of unbranched alkanes of at least 4 members (excludes halogenated alkanes) is 1. The first kappa shape index (κ1) is 13.8. The summed E-state index contributed by atoms with van der Waals surface area (Å²) in [5, 5.41) is 0. The van der Waals surface area contributed by atoms with Crippen LogP contribution in [0.3, 0.4) is 0 Å². The molecule has 0 radical (unpaired) electrons. The van der Waals surface area contributed by atoms with Crippen molar-refractivity contribution in [1.82, 2.24) is 0 Å². The first-order chi connectivity index (χ1) is 8.22. The number of rotatable bonds is 7. The van der Waals surface area contributed by atoms with Crippen molar-refractivity contribution in [2.75, 3.05) is 7.11 Å². The minimum atomic E-state index is 0.427. The number of benzene rings is 1. The highest BCUT2D eigenvalue weighted by Gasteiger charge is 2.16. The van der Waals surface area contributed by atoms with E-state index in [0.717, 1.165) is 5.75 Å². The molecule has 1 heteroatoms. The average molecular weight is 232 g/mol. The zero-order chi connectivity index (χ0) is 12.7. The van der Waals surface area contributed by atoms with Gasteiger partial charge in [-0.3, -0.25) is 0 Å². The number of ether oxygens (including phenoxy) is 1. The third-order valence-corrected chi connectivity index (χ3v) is 3.36. The molecule has 0 N–H and O–H groups in total. The van der Waals surface area contributed by atoms with Crippen molar-refractivity contribution >= 4 is 0 Å². The summed E-state index contributed by atoms with van der Waals surface area (Å²) in [6, 6.07) is 8.32. The second kappa shape index (κ2) is 7.16. The standard InChI is InChI=1S/C16H24O/c1-5-7-9-13(3)16(6-2)14-10-8-11-15(12-14)17-4/h6,8,10-13,16H,2,5,7,9H2,1,3-4H3. The average Bonchev–Trinajstić information content (AvgIpc) is 2.37. The van der Waals surface area contributed by atoms with Gasteiger partial charge in [0.25, 0.3) is 0 Å². The lowest BCUT2D eigenvalue weighted by Crippen LogP contribution is -2.07. The van der Waals surface area contributed by atoms with Crippen LogP contribution in [0.25, 0.3) is 0 Å². The van der Waals surface area contributed by atoms with Gasteiger partial charge in [-0.2, -0.15) is 0 Å². The first-order valence-electron chi connectivity index (χ1n) is 6.49. The van der Waals surface area contributed by atoms with Gasteiger partial charge in [0.2, 0.25) is 0 Å². The Labute approximate surface area is 106 Å². The summed E-state index contributed by atoms with van der Waals surface area (Å²) in [7, 11) is 1.71. The van der Waals surface area contributed by atoms with Crippen molar-refractivity contribution in [2.45, 2.75) is 39.0 Å². The van der Waals surface area contributed by atoms with E-state index in [1.165, 1.54) is 24.8 Å². The minimum absolute atomic E-state index is 0.427. The third-order valence-electron chi connectivity index (χ3n) is 3.36. The predicted octanol–water partition coefficient (Wildman–Crippen LogP) is 4.79. The summed E-state index contributed by atoms with van der Waals surface area (Å²) in [5.74, 6) is 1.99. The van der Waals surface area contributed by atoms with Crippen LogP contribution in [-0.2, 0) is 0 Å². The van der Waals surface area contributed by atoms with Gasteiger partial charge in [0.05, 0.1) is 7.11 Å². The summed E-state index contributed by atoms with van der Waals surface area (Å²) in [4.78, 5) is 0. The van der Waals surface area contributed by atoms with Crippen LogP contribution in [-0.4, -0.2) is 7.11 Å². The molecule has 2 atom stereocenters. The fourth-order valence-electron chi connectivity index (χ4n) is 2.25. The third kappa shape index (κ3) is 3.92. The van der Waals surface area contributed by atoms with Crippen molar-refractivity contribution in [2.24, 2.45) is 5.92 Å². The van der Waals surface area contributed by atoms with Gasteiger partial charge < -0.3 is 4.74 Å². The van der Waals surface area contributed by atoms with Crippen molar-refractivity contribution in [3.8, 4) is 5.75 Å². The van der Waals surface area contributed by atoms with Crippen LogP contribution in [0.15, 0.2) is 36.9 Å². The van der Waals surface area contributed by atoms with Gasteiger partial charge in [0, 0.05) is 5.92 Å². The maximum atomic E-state index is 5.28. The van der Waals surface area contributed by atoms with E-state index in [9.17, 15) is 0 Å². The molecule has 0 aliphatic carbocycles. The second-order valence-electron chi connectivity index (χ2n) is 4.66. The van der Waals surface area contributed by atoms with E-state index in [-0.39, 0.29) is 0 Å². The van der Waals surface area contributed by atoms with Crippen LogP contribution in [0.1, 0.15) is 44.6 Å². The lowest BCUT2D eigenvalue weighted by Gasteiger charge is -2.21. The molecule has 1 rings (SSSR count). The molecule has 0 heterocycles. The molecule has 0 amide bonds. The smallest absolute Gasteiger partial charge is 0.119 e. The molecule has 94 valence electrons. The van der Waals surface area contributed by atoms with Crippen LogP contribution in [0.2, 0.25) is 0 Å². The molecule has 17 heavy (non-hydrogen) atoms. The molecule has 0 saturated heterocycles. The van der Waals surface area contributed by atoms with Gasteiger partial charge in [-0.1, -0.05) is 44.9 Å². The normalized spacial score (nSPS) is 14.1. The van der Waals surface area contributed by atoms with Crippen LogP contribution in [0.4, 0.5) is 0 Å². The monoisotopic (exact) mass is 232 g/mol. The molecular formula is C16H24O. The number of methoxy groups -OCH3 is 1. The van der Waals surface area contributed by atoms with E-state index in [4.69, 9.17) is 4.74 Å². The molecule has 0 aromatic heterocycles. The Hall–Kier alpha value is -1.24. The molecule has 1 nitrogen and oxygen atoms in total. The Morgan fingerprint density at radius 3 is 2.76 bits per heavy atom. The summed E-state index contributed by atoms with van der Waals surface area (Å²) in [5.41, 5.74) is 1.31. The van der Waals surface area contributed by atoms with E-state index < -0.39 is 0 Å². The molecule has 1 aromatic rings. The fourth-order valence-corrected chi connectivity index (χ4v) is 2.25. The zero-order valence-electron chi connectivity index (χ0n) is 11.3. The number of hydrogen-bond donors (Lipinski definition) is 0. The molecule has 0 bridgehead atoms. The summed E-state index contributed by atoms with van der Waals surface area (Å²) in [6.45, 7) is 8.53.